The van der Waals surface area contributed by atoms with Crippen molar-refractivity contribution in [1.29, 1.82) is 0 Å². The Hall–Kier alpha value is -1.69. The number of urea groups is 1. The Morgan fingerprint density at radius 2 is 2.17 bits per heavy atom. The van der Waals surface area contributed by atoms with Gasteiger partial charge in [-0.05, 0) is 45.2 Å². The minimum atomic E-state index is -0.0699. The average molecular weight is 333 g/mol. The van der Waals surface area contributed by atoms with Crippen LogP contribution in [0.3, 0.4) is 0 Å². The van der Waals surface area contributed by atoms with Crippen molar-refractivity contribution in [2.24, 2.45) is 5.92 Å². The monoisotopic (exact) mass is 333 g/mol. The van der Waals surface area contributed by atoms with Crippen LogP contribution >= 0.6 is 0 Å². The van der Waals surface area contributed by atoms with E-state index in [1.54, 1.807) is 0 Å². The van der Waals surface area contributed by atoms with E-state index in [1.807, 2.05) is 26.1 Å². The van der Waals surface area contributed by atoms with Gasteiger partial charge in [-0.15, -0.1) is 0 Å². The highest BCUT2D eigenvalue weighted by Crippen LogP contribution is 2.18. The minimum Gasteiger partial charge on any atom is -0.338 e. The number of aromatic nitrogens is 2. The lowest BCUT2D eigenvalue weighted by molar-refractivity contribution is 0.163. The number of nitrogens with one attached hydrogen (secondary N) is 2. The van der Waals surface area contributed by atoms with Gasteiger partial charge in [0.25, 0.3) is 0 Å². The molecule has 0 saturated carbocycles. The summed E-state index contributed by atoms with van der Waals surface area (Å²) >= 11 is 0. The van der Waals surface area contributed by atoms with Gasteiger partial charge < -0.3 is 10.6 Å². The van der Waals surface area contributed by atoms with Crippen molar-refractivity contribution < 1.29 is 4.79 Å². The molecule has 1 atom stereocenters. The zero-order valence-electron chi connectivity index (χ0n) is 15.4. The van der Waals surface area contributed by atoms with Gasteiger partial charge in [0.15, 0.2) is 0 Å². The first-order chi connectivity index (χ1) is 11.4. The molecule has 1 aliphatic heterocycles. The predicted octanol–water partition coefficient (Wildman–Crippen LogP) is 2.52. The van der Waals surface area contributed by atoms with E-state index in [2.05, 4.69) is 39.3 Å². The molecule has 1 aromatic heterocycles. The predicted molar refractivity (Wildman–Crippen MR) is 95.8 cm³/mol. The Bertz CT molecular complexity index is 532. The van der Waals surface area contributed by atoms with Crippen LogP contribution in [0.15, 0.2) is 12.3 Å². The van der Waals surface area contributed by atoms with Crippen LogP contribution in [0.5, 0.6) is 0 Å². The Kier molecular flexibility index (Phi) is 6.97. The number of nitrogens with zero attached hydrogens (tertiary/aromatic N) is 3. The number of likely N-dealkylation sites (tertiary alicyclic amines) is 1. The van der Waals surface area contributed by atoms with Gasteiger partial charge in [-0.25, -0.2) is 14.8 Å². The van der Waals surface area contributed by atoms with Crippen LogP contribution in [0.25, 0.3) is 0 Å². The van der Waals surface area contributed by atoms with Crippen molar-refractivity contribution in [3.8, 4) is 0 Å². The van der Waals surface area contributed by atoms with Gasteiger partial charge in [0, 0.05) is 37.8 Å². The number of hydrogen-bond acceptors (Lipinski definition) is 4. The van der Waals surface area contributed by atoms with Crippen LogP contribution in [-0.2, 0) is 6.54 Å². The third-order valence-corrected chi connectivity index (χ3v) is 4.21. The van der Waals surface area contributed by atoms with Crippen LogP contribution in [-0.4, -0.2) is 46.6 Å². The molecule has 1 fully saturated rings. The lowest BCUT2D eigenvalue weighted by atomic mass is 9.98. The van der Waals surface area contributed by atoms with E-state index in [0.29, 0.717) is 11.8 Å². The fraction of sp³-hybridized carbons (Fsp3) is 0.722. The molecule has 1 aliphatic rings. The number of carbonyl (C=O) groups excluding carboxylic acids is 1. The fourth-order valence-electron chi connectivity index (χ4n) is 3.02. The second kappa shape index (κ2) is 8.97. The van der Waals surface area contributed by atoms with Gasteiger partial charge >= 0.3 is 6.03 Å². The Labute approximate surface area is 145 Å². The number of carbonyl (C=O) groups is 1. The van der Waals surface area contributed by atoms with E-state index in [4.69, 9.17) is 0 Å². The molecular formula is C18H31N5O. The lowest BCUT2D eigenvalue weighted by Gasteiger charge is -2.32. The van der Waals surface area contributed by atoms with Crippen molar-refractivity contribution in [2.75, 3.05) is 19.6 Å². The van der Waals surface area contributed by atoms with Gasteiger partial charge in [0.2, 0.25) is 0 Å². The molecule has 0 bridgehead atoms. The molecule has 1 aromatic rings. The van der Waals surface area contributed by atoms with Crippen LogP contribution in [0, 0.1) is 5.92 Å². The molecule has 2 amide bonds. The van der Waals surface area contributed by atoms with Crippen LogP contribution in [0.4, 0.5) is 4.79 Å². The first-order valence-corrected chi connectivity index (χ1v) is 9.02. The Balaban J connectivity index is 1.82. The summed E-state index contributed by atoms with van der Waals surface area (Å²) in [5, 5.41) is 5.86. The van der Waals surface area contributed by atoms with E-state index in [9.17, 15) is 4.79 Å². The van der Waals surface area contributed by atoms with E-state index < -0.39 is 0 Å². The summed E-state index contributed by atoms with van der Waals surface area (Å²) in [6, 6.07) is 2.10. The van der Waals surface area contributed by atoms with Gasteiger partial charge in [0.05, 0.1) is 5.69 Å². The maximum atomic E-state index is 11.7. The van der Waals surface area contributed by atoms with E-state index in [1.165, 1.54) is 12.8 Å². The first kappa shape index (κ1) is 18.6. The molecule has 2 heterocycles. The third-order valence-electron chi connectivity index (χ3n) is 4.21. The fourth-order valence-corrected chi connectivity index (χ4v) is 3.02. The van der Waals surface area contributed by atoms with E-state index in [0.717, 1.165) is 37.7 Å². The quantitative estimate of drug-likeness (QED) is 0.839. The molecule has 0 spiro atoms. The normalized spacial score (nSPS) is 18.8. The summed E-state index contributed by atoms with van der Waals surface area (Å²) in [4.78, 5) is 23.2. The highest BCUT2D eigenvalue weighted by atomic mass is 16.2. The second-order valence-corrected chi connectivity index (χ2v) is 7.31. The molecule has 6 heteroatoms. The van der Waals surface area contributed by atoms with Crippen molar-refractivity contribution >= 4 is 6.03 Å². The van der Waals surface area contributed by atoms with Gasteiger partial charge in [-0.3, -0.25) is 4.90 Å². The van der Waals surface area contributed by atoms with Gasteiger partial charge in [-0.1, -0.05) is 13.8 Å². The number of hydrogen-bond donors (Lipinski definition) is 2. The zero-order chi connectivity index (χ0) is 17.5. The number of piperidine rings is 1. The second-order valence-electron chi connectivity index (χ2n) is 7.31. The smallest absolute Gasteiger partial charge is 0.314 e. The molecule has 24 heavy (non-hydrogen) atoms. The summed E-state index contributed by atoms with van der Waals surface area (Å²) < 4.78 is 0. The molecule has 0 unspecified atom stereocenters. The van der Waals surface area contributed by atoms with Gasteiger partial charge in [0.1, 0.15) is 5.82 Å². The van der Waals surface area contributed by atoms with Crippen molar-refractivity contribution in [2.45, 2.75) is 59.0 Å². The standard InChI is InChI=1S/C18H31N5O/c1-13(2)17-19-8-7-16(22-17)12-23-9-5-6-15(11-23)10-20-18(24)21-14(3)4/h7-8,13-15H,5-6,9-12H2,1-4H3,(H2,20,21,24)/t15-/m1/s1. The summed E-state index contributed by atoms with van der Waals surface area (Å²) in [5.41, 5.74) is 1.08. The van der Waals surface area contributed by atoms with Crippen LogP contribution in [0.2, 0.25) is 0 Å². The molecular weight excluding hydrogens is 302 g/mol. The van der Waals surface area contributed by atoms with E-state index in [-0.39, 0.29) is 12.1 Å². The third kappa shape index (κ3) is 6.07. The lowest BCUT2D eigenvalue weighted by Crippen LogP contribution is -2.45. The van der Waals surface area contributed by atoms with Crippen molar-refractivity contribution in [3.05, 3.63) is 23.8 Å². The minimum absolute atomic E-state index is 0.0699. The largest absolute Gasteiger partial charge is 0.338 e. The molecule has 0 aliphatic carbocycles. The molecule has 2 N–H and O–H groups in total. The average Bonchev–Trinajstić information content (AvgIpc) is 2.53. The van der Waals surface area contributed by atoms with Gasteiger partial charge in [-0.2, -0.15) is 0 Å². The highest BCUT2D eigenvalue weighted by Gasteiger charge is 2.21. The molecule has 2 rings (SSSR count). The Morgan fingerprint density at radius 1 is 1.38 bits per heavy atom. The zero-order valence-corrected chi connectivity index (χ0v) is 15.4. The molecule has 0 aromatic carbocycles. The van der Waals surface area contributed by atoms with Crippen LogP contribution in [0.1, 0.15) is 58.0 Å². The number of rotatable bonds is 6. The maximum Gasteiger partial charge on any atom is 0.314 e. The summed E-state index contributed by atoms with van der Waals surface area (Å²) in [6.07, 6.45) is 4.19. The molecule has 134 valence electrons. The molecule has 1 saturated heterocycles. The highest BCUT2D eigenvalue weighted by molar-refractivity contribution is 5.74. The van der Waals surface area contributed by atoms with Crippen molar-refractivity contribution in [3.63, 3.8) is 0 Å². The summed E-state index contributed by atoms with van der Waals surface area (Å²) in [6.45, 7) is 11.9. The number of amides is 2. The summed E-state index contributed by atoms with van der Waals surface area (Å²) in [7, 11) is 0. The van der Waals surface area contributed by atoms with Crippen molar-refractivity contribution in [1.82, 2.24) is 25.5 Å². The maximum absolute atomic E-state index is 11.7. The van der Waals surface area contributed by atoms with Crippen LogP contribution < -0.4 is 10.6 Å². The van der Waals surface area contributed by atoms with E-state index >= 15 is 0 Å². The molecule has 0 radical (unpaired) electrons. The Morgan fingerprint density at radius 3 is 2.88 bits per heavy atom. The summed E-state index contributed by atoms with van der Waals surface area (Å²) in [5.74, 6) is 1.76. The topological polar surface area (TPSA) is 70.2 Å². The SMILES string of the molecule is CC(C)NC(=O)NC[C@H]1CCCN(Cc2ccnc(C(C)C)n2)C1. The molecule has 6 nitrogen and oxygen atoms in total. The first-order valence-electron chi connectivity index (χ1n) is 9.02.